The second-order valence-corrected chi connectivity index (χ2v) is 7.36. The summed E-state index contributed by atoms with van der Waals surface area (Å²) in [5.41, 5.74) is 6.57. The fraction of sp³-hybridized carbons (Fsp3) is 1.00. The number of hydrogen-bond donors (Lipinski definition) is 1. The zero-order valence-corrected chi connectivity index (χ0v) is 11.7. The van der Waals surface area contributed by atoms with E-state index in [-0.39, 0.29) is 0 Å². The molecule has 0 aromatic heterocycles. The maximum Gasteiger partial charge on any atom is 0.0350 e. The molecule has 98 valence electrons. The van der Waals surface area contributed by atoms with Gasteiger partial charge in [0.15, 0.2) is 0 Å². The number of thioether (sulfide) groups is 1. The van der Waals surface area contributed by atoms with Gasteiger partial charge < -0.3 is 5.73 Å². The van der Waals surface area contributed by atoms with Crippen LogP contribution in [0, 0.1) is 5.92 Å². The standard InChI is InChI=1S/C14H26N2S/c15-11-14(6-9-17-10-7-14)16-8-2-4-12-3-1-5-13(12)16/h12-13H,1-11,15H2. The average Bonchev–Trinajstić information content (AvgIpc) is 2.87. The molecule has 2 aliphatic heterocycles. The molecule has 3 fully saturated rings. The Hall–Kier alpha value is 0.270. The van der Waals surface area contributed by atoms with Crippen molar-refractivity contribution in [3.63, 3.8) is 0 Å². The quantitative estimate of drug-likeness (QED) is 0.821. The van der Waals surface area contributed by atoms with Gasteiger partial charge in [-0.2, -0.15) is 11.8 Å². The van der Waals surface area contributed by atoms with Crippen LogP contribution in [0.5, 0.6) is 0 Å². The second kappa shape index (κ2) is 5.10. The summed E-state index contributed by atoms with van der Waals surface area (Å²) >= 11 is 2.12. The molecule has 3 aliphatic rings. The van der Waals surface area contributed by atoms with Gasteiger partial charge in [0, 0.05) is 18.1 Å². The van der Waals surface area contributed by atoms with E-state index in [1.54, 1.807) is 0 Å². The monoisotopic (exact) mass is 254 g/mol. The first-order chi connectivity index (χ1) is 8.36. The van der Waals surface area contributed by atoms with Crippen LogP contribution in [0.4, 0.5) is 0 Å². The van der Waals surface area contributed by atoms with Gasteiger partial charge in [0.2, 0.25) is 0 Å². The largest absolute Gasteiger partial charge is 0.329 e. The van der Waals surface area contributed by atoms with Gasteiger partial charge in [-0.15, -0.1) is 0 Å². The summed E-state index contributed by atoms with van der Waals surface area (Å²) < 4.78 is 0. The van der Waals surface area contributed by atoms with Gasteiger partial charge in [-0.1, -0.05) is 6.42 Å². The highest BCUT2D eigenvalue weighted by Crippen LogP contribution is 2.43. The van der Waals surface area contributed by atoms with Crippen LogP contribution in [0.25, 0.3) is 0 Å². The Balaban J connectivity index is 1.79. The van der Waals surface area contributed by atoms with E-state index in [0.717, 1.165) is 18.5 Å². The zero-order valence-electron chi connectivity index (χ0n) is 10.9. The van der Waals surface area contributed by atoms with Crippen LogP contribution in [0.15, 0.2) is 0 Å². The lowest BCUT2D eigenvalue weighted by molar-refractivity contribution is -0.00189. The Morgan fingerprint density at radius 3 is 2.65 bits per heavy atom. The smallest absolute Gasteiger partial charge is 0.0350 e. The molecule has 17 heavy (non-hydrogen) atoms. The third-order valence-corrected chi connectivity index (χ3v) is 6.39. The molecule has 2 N–H and O–H groups in total. The molecule has 0 bridgehead atoms. The SMILES string of the molecule is NCC1(N2CCCC3CCCC32)CCSCC1. The predicted molar refractivity (Wildman–Crippen MR) is 75.4 cm³/mol. The molecule has 0 aromatic rings. The van der Waals surface area contributed by atoms with Gasteiger partial charge in [0.1, 0.15) is 0 Å². The molecule has 0 radical (unpaired) electrons. The van der Waals surface area contributed by atoms with Gasteiger partial charge in [-0.25, -0.2) is 0 Å². The minimum absolute atomic E-state index is 0.374. The summed E-state index contributed by atoms with van der Waals surface area (Å²) in [6.07, 6.45) is 9.94. The summed E-state index contributed by atoms with van der Waals surface area (Å²) in [6, 6.07) is 0.885. The third-order valence-electron chi connectivity index (χ3n) is 5.41. The molecular formula is C14H26N2S. The lowest BCUT2D eigenvalue weighted by Crippen LogP contribution is -2.61. The highest BCUT2D eigenvalue weighted by Gasteiger charge is 2.45. The molecule has 2 heterocycles. The Labute approximate surface area is 110 Å². The Morgan fingerprint density at radius 1 is 1.12 bits per heavy atom. The van der Waals surface area contributed by atoms with E-state index < -0.39 is 0 Å². The minimum atomic E-state index is 0.374. The van der Waals surface area contributed by atoms with E-state index in [9.17, 15) is 0 Å². The van der Waals surface area contributed by atoms with E-state index in [0.29, 0.717) is 5.54 Å². The number of nitrogens with zero attached hydrogens (tertiary/aromatic N) is 1. The Kier molecular flexibility index (Phi) is 3.69. The predicted octanol–water partition coefficient (Wildman–Crippen LogP) is 2.48. The lowest BCUT2D eigenvalue weighted by Gasteiger charge is -2.52. The minimum Gasteiger partial charge on any atom is -0.329 e. The summed E-state index contributed by atoms with van der Waals surface area (Å²) in [5, 5.41) is 0. The maximum absolute atomic E-state index is 6.20. The summed E-state index contributed by atoms with van der Waals surface area (Å²) in [5.74, 6) is 3.65. The summed E-state index contributed by atoms with van der Waals surface area (Å²) in [6.45, 7) is 2.21. The average molecular weight is 254 g/mol. The van der Waals surface area contributed by atoms with Gasteiger partial charge in [-0.05, 0) is 62.5 Å². The van der Waals surface area contributed by atoms with Crippen LogP contribution < -0.4 is 5.73 Å². The van der Waals surface area contributed by atoms with Crippen molar-refractivity contribution in [3.8, 4) is 0 Å². The van der Waals surface area contributed by atoms with Crippen molar-refractivity contribution in [1.29, 1.82) is 0 Å². The molecular weight excluding hydrogens is 228 g/mol. The third kappa shape index (κ3) is 2.15. The van der Waals surface area contributed by atoms with E-state index in [4.69, 9.17) is 5.73 Å². The fourth-order valence-corrected chi connectivity index (χ4v) is 5.66. The molecule has 2 saturated heterocycles. The molecule has 2 atom stereocenters. The topological polar surface area (TPSA) is 29.3 Å². The molecule has 2 nitrogen and oxygen atoms in total. The van der Waals surface area contributed by atoms with Crippen molar-refractivity contribution in [2.24, 2.45) is 11.7 Å². The molecule has 0 aromatic carbocycles. The van der Waals surface area contributed by atoms with Crippen molar-refractivity contribution >= 4 is 11.8 Å². The first kappa shape index (κ1) is 12.3. The normalized spacial score (nSPS) is 37.9. The van der Waals surface area contributed by atoms with Gasteiger partial charge in [0.25, 0.3) is 0 Å². The van der Waals surface area contributed by atoms with Crippen LogP contribution >= 0.6 is 11.8 Å². The van der Waals surface area contributed by atoms with Gasteiger partial charge in [-0.3, -0.25) is 4.90 Å². The number of fused-ring (bicyclic) bond motifs is 1. The first-order valence-electron chi connectivity index (χ1n) is 7.40. The Bertz CT molecular complexity index is 263. The maximum atomic E-state index is 6.20. The van der Waals surface area contributed by atoms with Crippen molar-refractivity contribution in [3.05, 3.63) is 0 Å². The van der Waals surface area contributed by atoms with Crippen LogP contribution in [0.1, 0.15) is 44.9 Å². The van der Waals surface area contributed by atoms with Crippen molar-refractivity contribution < 1.29 is 0 Å². The van der Waals surface area contributed by atoms with E-state index in [2.05, 4.69) is 16.7 Å². The van der Waals surface area contributed by atoms with Crippen LogP contribution in [-0.4, -0.2) is 41.1 Å². The number of likely N-dealkylation sites (tertiary alicyclic amines) is 1. The number of rotatable bonds is 2. The van der Waals surface area contributed by atoms with E-state index in [1.165, 1.54) is 63.0 Å². The highest BCUT2D eigenvalue weighted by atomic mass is 32.2. The molecule has 3 rings (SSSR count). The molecule has 2 unspecified atom stereocenters. The van der Waals surface area contributed by atoms with Gasteiger partial charge >= 0.3 is 0 Å². The van der Waals surface area contributed by atoms with E-state index in [1.807, 2.05) is 0 Å². The number of nitrogens with two attached hydrogens (primary N) is 1. The zero-order chi connectivity index (χ0) is 11.7. The first-order valence-corrected chi connectivity index (χ1v) is 8.56. The van der Waals surface area contributed by atoms with Crippen molar-refractivity contribution in [2.45, 2.75) is 56.5 Å². The fourth-order valence-electron chi connectivity index (χ4n) is 4.40. The second-order valence-electron chi connectivity index (χ2n) is 6.13. The highest BCUT2D eigenvalue weighted by molar-refractivity contribution is 7.99. The summed E-state index contributed by atoms with van der Waals surface area (Å²) in [7, 11) is 0. The molecule has 1 aliphatic carbocycles. The van der Waals surface area contributed by atoms with Crippen LogP contribution in [0.2, 0.25) is 0 Å². The number of hydrogen-bond acceptors (Lipinski definition) is 3. The van der Waals surface area contributed by atoms with E-state index >= 15 is 0 Å². The Morgan fingerprint density at radius 2 is 1.88 bits per heavy atom. The lowest BCUT2D eigenvalue weighted by atomic mass is 9.82. The van der Waals surface area contributed by atoms with Gasteiger partial charge in [0.05, 0.1) is 0 Å². The molecule has 0 spiro atoms. The summed E-state index contributed by atoms with van der Waals surface area (Å²) in [4.78, 5) is 2.87. The number of piperidine rings is 1. The molecule has 3 heteroatoms. The van der Waals surface area contributed by atoms with Crippen molar-refractivity contribution in [2.75, 3.05) is 24.6 Å². The van der Waals surface area contributed by atoms with Crippen LogP contribution in [-0.2, 0) is 0 Å². The molecule has 1 saturated carbocycles. The molecule has 0 amide bonds. The van der Waals surface area contributed by atoms with Crippen molar-refractivity contribution in [1.82, 2.24) is 4.90 Å². The van der Waals surface area contributed by atoms with Crippen LogP contribution in [0.3, 0.4) is 0 Å².